The van der Waals surface area contributed by atoms with E-state index in [9.17, 15) is 0 Å². The SMILES string of the molecule is Cc1ccc(-n2cnnc2CN)cc1Br. The molecule has 0 amide bonds. The second kappa shape index (κ2) is 4.12. The lowest BCUT2D eigenvalue weighted by Gasteiger charge is -2.06. The quantitative estimate of drug-likeness (QED) is 0.902. The van der Waals surface area contributed by atoms with E-state index in [-0.39, 0.29) is 0 Å². The molecule has 0 aliphatic rings. The molecule has 5 heteroatoms. The normalized spacial score (nSPS) is 10.6. The van der Waals surface area contributed by atoms with Gasteiger partial charge in [-0.05, 0) is 24.6 Å². The van der Waals surface area contributed by atoms with Gasteiger partial charge in [0.15, 0.2) is 5.82 Å². The topological polar surface area (TPSA) is 56.7 Å². The minimum Gasteiger partial charge on any atom is -0.324 e. The number of rotatable bonds is 2. The minimum absolute atomic E-state index is 0.380. The lowest BCUT2D eigenvalue weighted by Crippen LogP contribution is -2.06. The average molecular weight is 267 g/mol. The molecular weight excluding hydrogens is 256 g/mol. The number of aromatic nitrogens is 3. The van der Waals surface area contributed by atoms with Crippen LogP contribution in [0.15, 0.2) is 29.0 Å². The van der Waals surface area contributed by atoms with Gasteiger partial charge in [0, 0.05) is 10.2 Å². The van der Waals surface area contributed by atoms with Gasteiger partial charge in [-0.1, -0.05) is 22.0 Å². The number of halogens is 1. The third kappa shape index (κ3) is 1.93. The first-order valence-electron chi connectivity index (χ1n) is 4.58. The Morgan fingerprint density at radius 3 is 2.93 bits per heavy atom. The lowest BCUT2D eigenvalue weighted by atomic mass is 10.2. The Morgan fingerprint density at radius 1 is 1.47 bits per heavy atom. The van der Waals surface area contributed by atoms with Crippen LogP contribution >= 0.6 is 15.9 Å². The second-order valence-electron chi connectivity index (χ2n) is 3.25. The molecule has 1 heterocycles. The van der Waals surface area contributed by atoms with Crippen molar-refractivity contribution >= 4 is 15.9 Å². The smallest absolute Gasteiger partial charge is 0.151 e. The molecule has 0 aliphatic heterocycles. The summed E-state index contributed by atoms with van der Waals surface area (Å²) < 4.78 is 2.95. The molecule has 0 radical (unpaired) electrons. The van der Waals surface area contributed by atoms with E-state index in [0.717, 1.165) is 16.0 Å². The highest BCUT2D eigenvalue weighted by Crippen LogP contribution is 2.20. The molecule has 2 aromatic rings. The maximum Gasteiger partial charge on any atom is 0.151 e. The summed E-state index contributed by atoms with van der Waals surface area (Å²) in [6.45, 7) is 2.43. The van der Waals surface area contributed by atoms with Gasteiger partial charge < -0.3 is 5.73 Å². The predicted molar refractivity (Wildman–Crippen MR) is 61.7 cm³/mol. The van der Waals surface area contributed by atoms with Crippen LogP contribution in [0.2, 0.25) is 0 Å². The van der Waals surface area contributed by atoms with E-state index < -0.39 is 0 Å². The van der Waals surface area contributed by atoms with Gasteiger partial charge in [0.25, 0.3) is 0 Å². The summed E-state index contributed by atoms with van der Waals surface area (Å²) in [7, 11) is 0. The van der Waals surface area contributed by atoms with Gasteiger partial charge in [0.1, 0.15) is 6.33 Å². The van der Waals surface area contributed by atoms with Crippen molar-refractivity contribution in [2.75, 3.05) is 0 Å². The van der Waals surface area contributed by atoms with Crippen molar-refractivity contribution in [3.63, 3.8) is 0 Å². The number of nitrogens with two attached hydrogens (primary N) is 1. The van der Waals surface area contributed by atoms with Crippen LogP contribution in [-0.4, -0.2) is 14.8 Å². The Morgan fingerprint density at radius 2 is 2.27 bits per heavy atom. The van der Waals surface area contributed by atoms with Crippen molar-refractivity contribution in [3.05, 3.63) is 40.4 Å². The van der Waals surface area contributed by atoms with E-state index in [2.05, 4.69) is 26.1 Å². The standard InChI is InChI=1S/C10H11BrN4/c1-7-2-3-8(4-9(7)11)15-6-13-14-10(15)5-12/h2-4,6H,5,12H2,1H3. The largest absolute Gasteiger partial charge is 0.324 e. The van der Waals surface area contributed by atoms with E-state index in [1.54, 1.807) is 6.33 Å². The van der Waals surface area contributed by atoms with Crippen LogP contribution in [0.1, 0.15) is 11.4 Å². The number of hydrogen-bond acceptors (Lipinski definition) is 3. The maximum absolute atomic E-state index is 5.57. The summed E-state index contributed by atoms with van der Waals surface area (Å²) in [5, 5.41) is 7.77. The van der Waals surface area contributed by atoms with E-state index in [1.807, 2.05) is 29.7 Å². The molecule has 2 rings (SSSR count). The van der Waals surface area contributed by atoms with Crippen molar-refractivity contribution in [3.8, 4) is 5.69 Å². The Kier molecular flexibility index (Phi) is 2.83. The molecule has 0 aliphatic carbocycles. The van der Waals surface area contributed by atoms with E-state index in [0.29, 0.717) is 6.54 Å². The fourth-order valence-corrected chi connectivity index (χ4v) is 1.71. The third-order valence-corrected chi connectivity index (χ3v) is 3.09. The number of nitrogens with zero attached hydrogens (tertiary/aromatic N) is 3. The monoisotopic (exact) mass is 266 g/mol. The number of benzene rings is 1. The van der Waals surface area contributed by atoms with Crippen LogP contribution in [0, 0.1) is 6.92 Å². The van der Waals surface area contributed by atoms with Crippen molar-refractivity contribution in [1.82, 2.24) is 14.8 Å². The van der Waals surface area contributed by atoms with Crippen LogP contribution in [0.5, 0.6) is 0 Å². The average Bonchev–Trinajstić information content (AvgIpc) is 2.70. The first-order valence-corrected chi connectivity index (χ1v) is 5.37. The molecule has 78 valence electrons. The van der Waals surface area contributed by atoms with E-state index >= 15 is 0 Å². The number of aryl methyl sites for hydroxylation is 1. The van der Waals surface area contributed by atoms with Crippen molar-refractivity contribution < 1.29 is 0 Å². The van der Waals surface area contributed by atoms with E-state index in [1.165, 1.54) is 5.56 Å². The molecule has 0 saturated carbocycles. The molecular formula is C10H11BrN4. The molecule has 4 nitrogen and oxygen atoms in total. The van der Waals surface area contributed by atoms with Gasteiger partial charge in [-0.15, -0.1) is 10.2 Å². The van der Waals surface area contributed by atoms with Gasteiger partial charge in [-0.25, -0.2) is 0 Å². The molecule has 1 aromatic carbocycles. The van der Waals surface area contributed by atoms with Gasteiger partial charge >= 0.3 is 0 Å². The molecule has 2 N–H and O–H groups in total. The van der Waals surface area contributed by atoms with Gasteiger partial charge in [0.05, 0.1) is 6.54 Å². The number of hydrogen-bond donors (Lipinski definition) is 1. The zero-order valence-electron chi connectivity index (χ0n) is 8.31. The summed E-state index contributed by atoms with van der Waals surface area (Å²) >= 11 is 3.49. The van der Waals surface area contributed by atoms with Crippen molar-refractivity contribution in [1.29, 1.82) is 0 Å². The highest BCUT2D eigenvalue weighted by atomic mass is 79.9. The molecule has 1 aromatic heterocycles. The van der Waals surface area contributed by atoms with E-state index in [4.69, 9.17) is 5.73 Å². The zero-order valence-corrected chi connectivity index (χ0v) is 9.90. The predicted octanol–water partition coefficient (Wildman–Crippen LogP) is 1.80. The lowest BCUT2D eigenvalue weighted by molar-refractivity contribution is 0.859. The third-order valence-electron chi connectivity index (χ3n) is 2.23. The van der Waals surface area contributed by atoms with Crippen molar-refractivity contribution in [2.24, 2.45) is 5.73 Å². The highest BCUT2D eigenvalue weighted by Gasteiger charge is 2.05. The van der Waals surface area contributed by atoms with Gasteiger partial charge in [0.2, 0.25) is 0 Å². The fraction of sp³-hybridized carbons (Fsp3) is 0.200. The fourth-order valence-electron chi connectivity index (χ4n) is 1.35. The summed E-state index contributed by atoms with van der Waals surface area (Å²) in [4.78, 5) is 0. The van der Waals surface area contributed by atoms with Crippen LogP contribution < -0.4 is 5.73 Å². The molecule has 0 atom stereocenters. The Balaban J connectivity index is 2.50. The van der Waals surface area contributed by atoms with Crippen LogP contribution in [0.3, 0.4) is 0 Å². The van der Waals surface area contributed by atoms with Crippen LogP contribution in [0.25, 0.3) is 5.69 Å². The van der Waals surface area contributed by atoms with Gasteiger partial charge in [-0.3, -0.25) is 4.57 Å². The van der Waals surface area contributed by atoms with Crippen LogP contribution in [0.4, 0.5) is 0 Å². The first kappa shape index (κ1) is 10.3. The summed E-state index contributed by atoms with van der Waals surface area (Å²) in [6, 6.07) is 6.08. The summed E-state index contributed by atoms with van der Waals surface area (Å²) in [6.07, 6.45) is 1.67. The maximum atomic E-state index is 5.57. The van der Waals surface area contributed by atoms with Crippen LogP contribution in [-0.2, 0) is 6.54 Å². The summed E-state index contributed by atoms with van der Waals surface area (Å²) in [5.41, 5.74) is 7.77. The molecule has 0 unspecified atom stereocenters. The Hall–Kier alpha value is -1.20. The summed E-state index contributed by atoms with van der Waals surface area (Å²) in [5.74, 6) is 0.755. The second-order valence-corrected chi connectivity index (χ2v) is 4.11. The molecule has 0 fully saturated rings. The van der Waals surface area contributed by atoms with Gasteiger partial charge in [-0.2, -0.15) is 0 Å². The highest BCUT2D eigenvalue weighted by molar-refractivity contribution is 9.10. The zero-order chi connectivity index (χ0) is 10.8. The Bertz CT molecular complexity index is 478. The molecule has 0 bridgehead atoms. The minimum atomic E-state index is 0.380. The Labute approximate surface area is 96.3 Å². The molecule has 0 spiro atoms. The first-order chi connectivity index (χ1) is 7.22. The van der Waals surface area contributed by atoms with Crippen molar-refractivity contribution in [2.45, 2.75) is 13.5 Å². The molecule has 0 saturated heterocycles. The molecule has 15 heavy (non-hydrogen) atoms.